The number of piperazine rings is 1. The molecule has 3 aliphatic rings. The Morgan fingerprint density at radius 3 is 2.43 bits per heavy atom. The van der Waals surface area contributed by atoms with Crippen molar-refractivity contribution in [3.63, 3.8) is 0 Å². The quantitative estimate of drug-likeness (QED) is 0.649. The van der Waals surface area contributed by atoms with Crippen LogP contribution in [-0.2, 0) is 4.79 Å². The molecule has 0 aliphatic carbocycles. The van der Waals surface area contributed by atoms with Gasteiger partial charge in [-0.1, -0.05) is 11.6 Å². The summed E-state index contributed by atoms with van der Waals surface area (Å²) >= 11 is 5.98. The molecule has 2 amide bonds. The normalized spacial score (nSPS) is 25.5. The third-order valence-corrected chi connectivity index (χ3v) is 8.02. The maximum Gasteiger partial charge on any atom is 0.333 e. The van der Waals surface area contributed by atoms with Crippen LogP contribution < -0.4 is 5.32 Å². The number of rotatable bonds is 6. The molecule has 190 valence electrons. The van der Waals surface area contributed by atoms with Gasteiger partial charge in [0.15, 0.2) is 5.69 Å². The van der Waals surface area contributed by atoms with Crippen molar-refractivity contribution in [2.24, 2.45) is 0 Å². The number of aromatic nitrogens is 2. The fraction of sp³-hybridized carbons (Fsp3) is 0.625. The fourth-order valence-electron chi connectivity index (χ4n) is 5.98. The molecule has 1 aromatic heterocycles. The van der Waals surface area contributed by atoms with Gasteiger partial charge in [0.05, 0.1) is 5.52 Å². The predicted octanol–water partition coefficient (Wildman–Crippen LogP) is 2.97. The van der Waals surface area contributed by atoms with Crippen LogP contribution in [-0.4, -0.2) is 93.7 Å². The molecular weight excluding hydrogens is 478 g/mol. The van der Waals surface area contributed by atoms with Gasteiger partial charge in [-0.3, -0.25) is 19.4 Å². The molecule has 5 rings (SSSR count). The van der Waals surface area contributed by atoms with E-state index in [9.17, 15) is 18.4 Å². The summed E-state index contributed by atoms with van der Waals surface area (Å²) in [5.41, 5.74) is 0.160. The lowest BCUT2D eigenvalue weighted by molar-refractivity contribution is -0.130. The molecule has 0 saturated carbocycles. The van der Waals surface area contributed by atoms with Crippen molar-refractivity contribution >= 4 is 34.3 Å². The minimum Gasteiger partial charge on any atom is -0.348 e. The Hall–Kier alpha value is -2.30. The first-order valence-electron chi connectivity index (χ1n) is 12.3. The molecule has 2 aromatic rings. The number of alkyl halides is 2. The minimum atomic E-state index is -2.86. The van der Waals surface area contributed by atoms with E-state index < -0.39 is 12.5 Å². The summed E-state index contributed by atoms with van der Waals surface area (Å²) in [5, 5.41) is 7.67. The lowest BCUT2D eigenvalue weighted by Gasteiger charge is -2.41. The zero-order valence-electron chi connectivity index (χ0n) is 19.8. The van der Waals surface area contributed by atoms with Crippen LogP contribution in [0.2, 0.25) is 5.02 Å². The van der Waals surface area contributed by atoms with Gasteiger partial charge in [0.25, 0.3) is 5.91 Å². The van der Waals surface area contributed by atoms with Gasteiger partial charge in [-0.25, -0.2) is 4.68 Å². The van der Waals surface area contributed by atoms with E-state index in [1.807, 2.05) is 4.90 Å². The number of amides is 2. The standard InChI is InChI=1S/C24H31ClF2N6O2/c1-15(34)31-9-6-30(7-10-31)8-11-32-18-3-4-19(32)14-17(13-18)28-23(35)22-20-5-2-16(25)12-21(20)33(29-22)24(26)27/h2,5,12,17-19,24H,3-4,6-11,13-14H2,1H3,(H,28,35)/t17?,18-,19+. The number of carbonyl (C=O) groups is 2. The Morgan fingerprint density at radius 2 is 1.80 bits per heavy atom. The van der Waals surface area contributed by atoms with E-state index >= 15 is 0 Å². The molecule has 1 aromatic carbocycles. The smallest absolute Gasteiger partial charge is 0.333 e. The molecule has 0 radical (unpaired) electrons. The van der Waals surface area contributed by atoms with Crippen LogP contribution in [0.25, 0.3) is 10.9 Å². The molecule has 8 nitrogen and oxygen atoms in total. The number of benzene rings is 1. The van der Waals surface area contributed by atoms with E-state index in [1.54, 1.807) is 19.1 Å². The van der Waals surface area contributed by atoms with E-state index in [1.165, 1.54) is 6.07 Å². The third-order valence-electron chi connectivity index (χ3n) is 7.78. The molecule has 1 N–H and O–H groups in total. The first kappa shape index (κ1) is 24.4. The second-order valence-electron chi connectivity index (χ2n) is 9.84. The Morgan fingerprint density at radius 1 is 1.11 bits per heavy atom. The van der Waals surface area contributed by atoms with E-state index in [0.29, 0.717) is 27.2 Å². The highest BCUT2D eigenvalue weighted by Crippen LogP contribution is 2.36. The van der Waals surface area contributed by atoms with E-state index in [4.69, 9.17) is 11.6 Å². The first-order valence-corrected chi connectivity index (χ1v) is 12.7. The van der Waals surface area contributed by atoms with Crippen LogP contribution >= 0.6 is 11.6 Å². The van der Waals surface area contributed by atoms with Crippen molar-refractivity contribution in [2.75, 3.05) is 39.3 Å². The molecule has 3 atom stereocenters. The number of nitrogens with zero attached hydrogens (tertiary/aromatic N) is 5. The fourth-order valence-corrected chi connectivity index (χ4v) is 6.15. The summed E-state index contributed by atoms with van der Waals surface area (Å²) in [5.74, 6) is -0.275. The Kier molecular flexibility index (Phi) is 6.96. The van der Waals surface area contributed by atoms with Crippen molar-refractivity contribution in [1.82, 2.24) is 29.8 Å². The minimum absolute atomic E-state index is 0.00517. The van der Waals surface area contributed by atoms with Gasteiger partial charge in [0.1, 0.15) is 0 Å². The molecule has 3 saturated heterocycles. The second-order valence-corrected chi connectivity index (χ2v) is 10.3. The van der Waals surface area contributed by atoms with Gasteiger partial charge in [-0.2, -0.15) is 13.9 Å². The topological polar surface area (TPSA) is 73.7 Å². The zero-order valence-corrected chi connectivity index (χ0v) is 20.6. The second kappa shape index (κ2) is 9.99. The summed E-state index contributed by atoms with van der Waals surface area (Å²) < 4.78 is 27.5. The van der Waals surface area contributed by atoms with Gasteiger partial charge in [0, 0.05) is 74.7 Å². The van der Waals surface area contributed by atoms with Crippen molar-refractivity contribution in [1.29, 1.82) is 0 Å². The summed E-state index contributed by atoms with van der Waals surface area (Å²) in [7, 11) is 0. The monoisotopic (exact) mass is 508 g/mol. The SMILES string of the molecule is CC(=O)N1CCN(CCN2[C@@H]3CC[C@H]2CC(NC(=O)c2nn(C(F)F)c4cc(Cl)ccc24)C3)CC1. The number of nitrogens with one attached hydrogen (secondary N) is 1. The van der Waals surface area contributed by atoms with Gasteiger partial charge >= 0.3 is 6.55 Å². The van der Waals surface area contributed by atoms with Crippen LogP contribution in [0.1, 0.15) is 49.6 Å². The molecule has 3 fully saturated rings. The Bertz CT molecular complexity index is 1090. The number of halogens is 3. The predicted molar refractivity (Wildman–Crippen MR) is 129 cm³/mol. The Balaban J connectivity index is 1.18. The molecule has 35 heavy (non-hydrogen) atoms. The number of fused-ring (bicyclic) bond motifs is 3. The van der Waals surface area contributed by atoms with E-state index in [2.05, 4.69) is 20.2 Å². The molecular formula is C24H31ClF2N6O2. The van der Waals surface area contributed by atoms with Crippen molar-refractivity contribution in [3.8, 4) is 0 Å². The number of carbonyl (C=O) groups excluding carboxylic acids is 2. The number of piperidine rings is 1. The average Bonchev–Trinajstić information content (AvgIpc) is 3.31. The first-order chi connectivity index (χ1) is 16.8. The van der Waals surface area contributed by atoms with E-state index in [0.717, 1.165) is 65.0 Å². The summed E-state index contributed by atoms with van der Waals surface area (Å²) in [4.78, 5) is 31.5. The molecule has 11 heteroatoms. The van der Waals surface area contributed by atoms with Crippen molar-refractivity contribution in [2.45, 2.75) is 57.3 Å². The largest absolute Gasteiger partial charge is 0.348 e. The van der Waals surface area contributed by atoms with Crippen molar-refractivity contribution < 1.29 is 18.4 Å². The van der Waals surface area contributed by atoms with Crippen molar-refractivity contribution in [3.05, 3.63) is 28.9 Å². The zero-order chi connectivity index (χ0) is 24.7. The maximum atomic E-state index is 13.5. The van der Waals surface area contributed by atoms with Crippen LogP contribution in [0.5, 0.6) is 0 Å². The van der Waals surface area contributed by atoms with Crippen LogP contribution in [0.15, 0.2) is 18.2 Å². The highest BCUT2D eigenvalue weighted by Gasteiger charge is 2.41. The van der Waals surface area contributed by atoms with Crippen LogP contribution in [0.4, 0.5) is 8.78 Å². The Labute approximate surface area is 208 Å². The van der Waals surface area contributed by atoms with Crippen LogP contribution in [0, 0.1) is 0 Å². The highest BCUT2D eigenvalue weighted by molar-refractivity contribution is 6.31. The van der Waals surface area contributed by atoms with Crippen LogP contribution in [0.3, 0.4) is 0 Å². The van der Waals surface area contributed by atoms with Gasteiger partial charge in [-0.15, -0.1) is 0 Å². The summed E-state index contributed by atoms with van der Waals surface area (Å²) in [6.45, 7) is 4.13. The maximum absolute atomic E-state index is 13.5. The molecule has 1 unspecified atom stereocenters. The molecule has 3 aliphatic heterocycles. The number of hydrogen-bond acceptors (Lipinski definition) is 5. The molecule has 4 heterocycles. The molecule has 0 spiro atoms. The van der Waals surface area contributed by atoms with Gasteiger partial charge in [0.2, 0.25) is 5.91 Å². The molecule has 2 bridgehead atoms. The summed E-state index contributed by atoms with van der Waals surface area (Å²) in [6.07, 6.45) is 3.91. The van der Waals surface area contributed by atoms with E-state index in [-0.39, 0.29) is 23.2 Å². The lowest BCUT2D eigenvalue weighted by Crippen LogP contribution is -2.54. The number of hydrogen-bond donors (Lipinski definition) is 1. The highest BCUT2D eigenvalue weighted by atomic mass is 35.5. The third kappa shape index (κ3) is 5.01. The average molecular weight is 509 g/mol. The lowest BCUT2D eigenvalue weighted by atomic mass is 9.97. The van der Waals surface area contributed by atoms with Gasteiger partial charge < -0.3 is 10.2 Å². The van der Waals surface area contributed by atoms with Gasteiger partial charge in [-0.05, 0) is 43.9 Å². The summed E-state index contributed by atoms with van der Waals surface area (Å²) in [6, 6.07) is 5.37.